The van der Waals surface area contributed by atoms with Crippen LogP contribution in [0.4, 0.5) is 0 Å². The maximum atomic E-state index is 5.53. The van der Waals surface area contributed by atoms with Gasteiger partial charge in [-0.05, 0) is 47.6 Å². The quantitative estimate of drug-likeness (QED) is 0.767. The van der Waals surface area contributed by atoms with Crippen molar-refractivity contribution in [2.75, 3.05) is 40.5 Å². The number of nitrogens with one attached hydrogen (secondary N) is 1. The smallest absolute Gasteiger partial charge is 0.0623 e. The molecule has 0 spiro atoms. The van der Waals surface area contributed by atoms with Gasteiger partial charge in [-0.2, -0.15) is 0 Å². The Bertz CT molecular complexity index is 261. The summed E-state index contributed by atoms with van der Waals surface area (Å²) in [5, 5.41) is 3.50. The Hall–Kier alpha value is -0.160. The first kappa shape index (κ1) is 16.9. The fraction of sp³-hybridized carbons (Fsp3) is 1.00. The van der Waals surface area contributed by atoms with Crippen LogP contribution in [0, 0.1) is 0 Å². The summed E-state index contributed by atoms with van der Waals surface area (Å²) < 4.78 is 11.0. The molecule has 1 fully saturated rings. The summed E-state index contributed by atoms with van der Waals surface area (Å²) in [6.07, 6.45) is 2.17. The Kier molecular flexibility index (Phi) is 6.24. The molecule has 1 saturated heterocycles. The summed E-state index contributed by atoms with van der Waals surface area (Å²) in [6.45, 7) is 12.7. The third-order valence-electron chi connectivity index (χ3n) is 4.61. The van der Waals surface area contributed by atoms with E-state index in [4.69, 9.17) is 9.47 Å². The van der Waals surface area contributed by atoms with E-state index < -0.39 is 0 Å². The summed E-state index contributed by atoms with van der Waals surface area (Å²) in [4.78, 5) is 2.54. The Labute approximate surface area is 118 Å². The van der Waals surface area contributed by atoms with Crippen LogP contribution < -0.4 is 5.32 Å². The lowest BCUT2D eigenvalue weighted by atomic mass is 9.86. The van der Waals surface area contributed by atoms with E-state index in [0.29, 0.717) is 6.04 Å². The second-order valence-electron chi connectivity index (χ2n) is 6.60. The molecule has 0 amide bonds. The lowest BCUT2D eigenvalue weighted by Crippen LogP contribution is -2.60. The summed E-state index contributed by atoms with van der Waals surface area (Å²) in [7, 11) is 3.86. The second-order valence-corrected chi connectivity index (χ2v) is 6.60. The van der Waals surface area contributed by atoms with Gasteiger partial charge in [0.05, 0.1) is 18.8 Å². The predicted molar refractivity (Wildman–Crippen MR) is 79.6 cm³/mol. The van der Waals surface area contributed by atoms with Gasteiger partial charge >= 0.3 is 0 Å². The lowest BCUT2D eigenvalue weighted by molar-refractivity contribution is -0.0309. The minimum absolute atomic E-state index is 0.0454. The minimum Gasteiger partial charge on any atom is -0.379 e. The van der Waals surface area contributed by atoms with Crippen LogP contribution in [0.2, 0.25) is 0 Å². The van der Waals surface area contributed by atoms with Gasteiger partial charge in [-0.25, -0.2) is 0 Å². The number of hydrogen-bond acceptors (Lipinski definition) is 4. The van der Waals surface area contributed by atoms with Gasteiger partial charge in [-0.15, -0.1) is 0 Å². The molecule has 1 unspecified atom stereocenters. The van der Waals surface area contributed by atoms with Crippen molar-refractivity contribution in [1.82, 2.24) is 10.2 Å². The van der Waals surface area contributed by atoms with Gasteiger partial charge in [0.15, 0.2) is 0 Å². The topological polar surface area (TPSA) is 33.7 Å². The van der Waals surface area contributed by atoms with E-state index in [1.165, 1.54) is 0 Å². The minimum atomic E-state index is -0.0454. The van der Waals surface area contributed by atoms with Crippen molar-refractivity contribution in [2.45, 2.75) is 57.7 Å². The molecule has 114 valence electrons. The van der Waals surface area contributed by atoms with Gasteiger partial charge in [0.2, 0.25) is 0 Å². The van der Waals surface area contributed by atoms with E-state index in [1.54, 1.807) is 7.11 Å². The molecule has 0 radical (unpaired) electrons. The molecule has 0 bridgehead atoms. The molecule has 0 aromatic rings. The number of nitrogens with zero attached hydrogens (tertiary/aromatic N) is 1. The van der Waals surface area contributed by atoms with Crippen LogP contribution >= 0.6 is 0 Å². The van der Waals surface area contributed by atoms with Crippen molar-refractivity contribution in [3.8, 4) is 0 Å². The largest absolute Gasteiger partial charge is 0.379 e. The monoisotopic (exact) mass is 272 g/mol. The number of methoxy groups -OCH3 is 1. The number of morpholine rings is 1. The third-order valence-corrected chi connectivity index (χ3v) is 4.61. The summed E-state index contributed by atoms with van der Waals surface area (Å²) >= 11 is 0. The van der Waals surface area contributed by atoms with Crippen molar-refractivity contribution >= 4 is 0 Å². The molecule has 0 aromatic carbocycles. The van der Waals surface area contributed by atoms with E-state index in [9.17, 15) is 0 Å². The van der Waals surface area contributed by atoms with Crippen LogP contribution in [0.15, 0.2) is 0 Å². The van der Waals surface area contributed by atoms with Crippen LogP contribution in [0.25, 0.3) is 0 Å². The highest BCUT2D eigenvalue weighted by Gasteiger charge is 2.36. The molecular weight excluding hydrogens is 240 g/mol. The number of ether oxygens (including phenoxy) is 2. The van der Waals surface area contributed by atoms with Gasteiger partial charge < -0.3 is 14.8 Å². The highest BCUT2D eigenvalue weighted by molar-refractivity contribution is 4.94. The normalized spacial score (nSPS) is 20.5. The average molecular weight is 272 g/mol. The number of likely N-dealkylation sites (N-methyl/N-ethyl adjacent to an activating group) is 1. The standard InChI is InChI=1S/C15H32N2O2/c1-14(2,18-6)8-7-13(16-5)15(3,4)17-9-11-19-12-10-17/h13,16H,7-12H2,1-6H3. The highest BCUT2D eigenvalue weighted by atomic mass is 16.5. The number of rotatable bonds is 7. The molecule has 19 heavy (non-hydrogen) atoms. The molecule has 4 heteroatoms. The molecule has 1 N–H and O–H groups in total. The Morgan fingerprint density at radius 1 is 1.21 bits per heavy atom. The lowest BCUT2D eigenvalue weighted by Gasteiger charge is -2.46. The summed E-state index contributed by atoms with van der Waals surface area (Å²) in [5.41, 5.74) is 0.0958. The van der Waals surface area contributed by atoms with Crippen LogP contribution in [0.3, 0.4) is 0 Å². The van der Waals surface area contributed by atoms with Crippen LogP contribution in [-0.4, -0.2) is 62.5 Å². The molecule has 1 aliphatic rings. The van der Waals surface area contributed by atoms with Gasteiger partial charge in [0, 0.05) is 31.8 Å². The Morgan fingerprint density at radius 3 is 2.26 bits per heavy atom. The molecule has 4 nitrogen and oxygen atoms in total. The SMILES string of the molecule is CNC(CCC(C)(C)OC)C(C)(C)N1CCOCC1. The van der Waals surface area contributed by atoms with Crippen molar-refractivity contribution in [2.24, 2.45) is 0 Å². The van der Waals surface area contributed by atoms with E-state index in [1.807, 2.05) is 0 Å². The maximum absolute atomic E-state index is 5.53. The molecular formula is C15H32N2O2. The Balaban J connectivity index is 2.60. The predicted octanol–water partition coefficient (Wildman–Crippen LogP) is 1.89. The van der Waals surface area contributed by atoms with Gasteiger partial charge in [0.25, 0.3) is 0 Å². The average Bonchev–Trinajstić information content (AvgIpc) is 2.40. The highest BCUT2D eigenvalue weighted by Crippen LogP contribution is 2.26. The number of hydrogen-bond donors (Lipinski definition) is 1. The molecule has 1 rings (SSSR count). The molecule has 0 saturated carbocycles. The van der Waals surface area contributed by atoms with Crippen LogP contribution in [0.1, 0.15) is 40.5 Å². The second kappa shape index (κ2) is 7.02. The fourth-order valence-corrected chi connectivity index (χ4v) is 2.80. The van der Waals surface area contributed by atoms with Crippen molar-refractivity contribution in [3.63, 3.8) is 0 Å². The van der Waals surface area contributed by atoms with E-state index in [-0.39, 0.29) is 11.1 Å². The molecule has 1 atom stereocenters. The van der Waals surface area contributed by atoms with E-state index in [0.717, 1.165) is 39.1 Å². The van der Waals surface area contributed by atoms with Gasteiger partial charge in [0.1, 0.15) is 0 Å². The first-order valence-electron chi connectivity index (χ1n) is 7.38. The summed E-state index contributed by atoms with van der Waals surface area (Å²) in [5.74, 6) is 0. The Morgan fingerprint density at radius 2 is 1.79 bits per heavy atom. The van der Waals surface area contributed by atoms with Gasteiger partial charge in [-0.1, -0.05) is 0 Å². The van der Waals surface area contributed by atoms with Crippen molar-refractivity contribution < 1.29 is 9.47 Å². The maximum Gasteiger partial charge on any atom is 0.0623 e. The molecule has 1 heterocycles. The molecule has 0 aromatic heterocycles. The fourth-order valence-electron chi connectivity index (χ4n) is 2.80. The summed E-state index contributed by atoms with van der Waals surface area (Å²) in [6, 6.07) is 0.458. The van der Waals surface area contributed by atoms with Crippen molar-refractivity contribution in [3.05, 3.63) is 0 Å². The van der Waals surface area contributed by atoms with E-state index in [2.05, 4.69) is 45.0 Å². The first-order chi connectivity index (χ1) is 8.83. The zero-order chi connectivity index (χ0) is 14.5. The van der Waals surface area contributed by atoms with Crippen molar-refractivity contribution in [1.29, 1.82) is 0 Å². The molecule has 0 aliphatic carbocycles. The third kappa shape index (κ3) is 4.71. The van der Waals surface area contributed by atoms with Gasteiger partial charge in [-0.3, -0.25) is 4.90 Å². The zero-order valence-corrected chi connectivity index (χ0v) is 13.6. The molecule has 1 aliphatic heterocycles. The zero-order valence-electron chi connectivity index (χ0n) is 13.6. The van der Waals surface area contributed by atoms with Crippen LogP contribution in [-0.2, 0) is 9.47 Å². The van der Waals surface area contributed by atoms with E-state index >= 15 is 0 Å². The first-order valence-corrected chi connectivity index (χ1v) is 7.38. The van der Waals surface area contributed by atoms with Crippen LogP contribution in [0.5, 0.6) is 0 Å².